The summed E-state index contributed by atoms with van der Waals surface area (Å²) in [5, 5.41) is 0. The molecule has 0 amide bonds. The summed E-state index contributed by atoms with van der Waals surface area (Å²) in [5.41, 5.74) is 0.974. The molecule has 0 spiro atoms. The molecule has 94 valence electrons. The molecule has 0 aliphatic carbocycles. The topological polar surface area (TPSA) is 72.4 Å². The maximum Gasteiger partial charge on any atom is 0.338 e. The zero-order chi connectivity index (χ0) is 13.0. The van der Waals surface area contributed by atoms with Gasteiger partial charge in [0.15, 0.2) is 4.90 Å². The first-order valence-corrected chi connectivity index (χ1v) is 8.09. The molecule has 0 saturated carbocycles. The number of benzene rings is 1. The van der Waals surface area contributed by atoms with Crippen molar-refractivity contribution < 1.29 is 18.6 Å². The highest BCUT2D eigenvalue weighted by atomic mass is 32.2. The lowest BCUT2D eigenvalue weighted by molar-refractivity contribution is 0.0599. The van der Waals surface area contributed by atoms with Gasteiger partial charge in [0.1, 0.15) is 12.0 Å². The molecular weight excluding hydrogens is 260 g/mol. The van der Waals surface area contributed by atoms with E-state index in [1.807, 2.05) is 0 Å². The van der Waals surface area contributed by atoms with E-state index in [9.17, 15) is 13.9 Å². The second kappa shape index (κ2) is 6.30. The van der Waals surface area contributed by atoms with Gasteiger partial charge in [0.05, 0.1) is 18.9 Å². The SMILES string of the molecule is COC(=O)c1ccc([S+](C)[O-])cc1C[S+](C)[O-]. The lowest BCUT2D eigenvalue weighted by Crippen LogP contribution is -2.11. The van der Waals surface area contributed by atoms with Gasteiger partial charge in [-0.2, -0.15) is 0 Å². The van der Waals surface area contributed by atoms with Crippen LogP contribution in [0.1, 0.15) is 15.9 Å². The molecule has 0 radical (unpaired) electrons. The van der Waals surface area contributed by atoms with Crippen molar-refractivity contribution in [3.8, 4) is 0 Å². The zero-order valence-electron chi connectivity index (χ0n) is 9.89. The van der Waals surface area contributed by atoms with Crippen LogP contribution in [0.2, 0.25) is 0 Å². The van der Waals surface area contributed by atoms with Gasteiger partial charge in [-0.3, -0.25) is 0 Å². The minimum absolute atomic E-state index is 0.246. The summed E-state index contributed by atoms with van der Waals surface area (Å²) in [5.74, 6) is -0.228. The van der Waals surface area contributed by atoms with Gasteiger partial charge in [0.2, 0.25) is 0 Å². The van der Waals surface area contributed by atoms with Crippen molar-refractivity contribution in [3.05, 3.63) is 29.3 Å². The Morgan fingerprint density at radius 3 is 2.47 bits per heavy atom. The largest absolute Gasteiger partial charge is 0.616 e. The van der Waals surface area contributed by atoms with Crippen LogP contribution in [0.4, 0.5) is 0 Å². The molecule has 2 unspecified atom stereocenters. The van der Waals surface area contributed by atoms with E-state index in [-0.39, 0.29) is 5.75 Å². The first kappa shape index (κ1) is 14.4. The van der Waals surface area contributed by atoms with Crippen LogP contribution in [-0.2, 0) is 32.8 Å². The Labute approximate surface area is 107 Å². The van der Waals surface area contributed by atoms with E-state index in [1.165, 1.54) is 7.11 Å². The molecular formula is C11H14O4S2. The highest BCUT2D eigenvalue weighted by Crippen LogP contribution is 2.19. The Balaban J connectivity index is 3.16. The molecule has 6 heteroatoms. The van der Waals surface area contributed by atoms with Crippen molar-refractivity contribution in [2.24, 2.45) is 0 Å². The standard InChI is InChI=1S/C11H14O4S2/c1-15-11(12)10-5-4-9(17(3)14)6-8(10)7-16(2)13/h4-6H,7H2,1-3H3. The molecule has 1 aromatic rings. The Hall–Kier alpha value is -0.690. The van der Waals surface area contributed by atoms with E-state index in [0.29, 0.717) is 16.0 Å². The number of methoxy groups -OCH3 is 1. The normalized spacial score (nSPS) is 14.2. The highest BCUT2D eigenvalue weighted by Gasteiger charge is 2.18. The molecule has 4 nitrogen and oxygen atoms in total. The van der Waals surface area contributed by atoms with Crippen LogP contribution >= 0.6 is 0 Å². The fourth-order valence-corrected chi connectivity index (χ4v) is 2.64. The Morgan fingerprint density at radius 2 is 2.00 bits per heavy atom. The molecule has 0 saturated heterocycles. The number of hydrogen-bond acceptors (Lipinski definition) is 4. The minimum atomic E-state index is -1.13. The zero-order valence-corrected chi connectivity index (χ0v) is 11.5. The van der Waals surface area contributed by atoms with Gasteiger partial charge in [-0.05, 0) is 23.3 Å². The fourth-order valence-electron chi connectivity index (χ4n) is 1.40. The molecule has 17 heavy (non-hydrogen) atoms. The predicted octanol–water partition coefficient (Wildman–Crippen LogP) is 1.09. The lowest BCUT2D eigenvalue weighted by atomic mass is 10.1. The smallest absolute Gasteiger partial charge is 0.338 e. The minimum Gasteiger partial charge on any atom is -0.616 e. The molecule has 0 aliphatic rings. The summed E-state index contributed by atoms with van der Waals surface area (Å²) < 4.78 is 27.2. The van der Waals surface area contributed by atoms with Gasteiger partial charge in [-0.1, -0.05) is 11.2 Å². The van der Waals surface area contributed by atoms with Gasteiger partial charge < -0.3 is 13.8 Å². The first-order chi connectivity index (χ1) is 7.95. The third kappa shape index (κ3) is 3.92. The number of carbonyl (C=O) groups excluding carboxylic acids is 1. The molecule has 1 aromatic carbocycles. The summed E-state index contributed by atoms with van der Waals surface area (Å²) in [4.78, 5) is 12.1. The third-order valence-corrected chi connectivity index (χ3v) is 3.81. The van der Waals surface area contributed by atoms with Crippen LogP contribution in [0.15, 0.2) is 23.1 Å². The molecule has 0 aromatic heterocycles. The van der Waals surface area contributed by atoms with Gasteiger partial charge in [0.25, 0.3) is 0 Å². The van der Waals surface area contributed by atoms with E-state index >= 15 is 0 Å². The fraction of sp³-hybridized carbons (Fsp3) is 0.364. The molecule has 0 bridgehead atoms. The summed E-state index contributed by atoms with van der Waals surface area (Å²) in [7, 11) is 1.29. The summed E-state index contributed by atoms with van der Waals surface area (Å²) in [6.45, 7) is 0. The van der Waals surface area contributed by atoms with Gasteiger partial charge in [0, 0.05) is 11.6 Å². The maximum atomic E-state index is 11.5. The van der Waals surface area contributed by atoms with E-state index in [4.69, 9.17) is 0 Å². The van der Waals surface area contributed by atoms with Crippen LogP contribution in [-0.4, -0.2) is 34.7 Å². The van der Waals surface area contributed by atoms with Crippen molar-refractivity contribution in [3.63, 3.8) is 0 Å². The number of rotatable bonds is 4. The molecule has 0 N–H and O–H groups in total. The number of carbonyl (C=O) groups is 1. The van der Waals surface area contributed by atoms with E-state index < -0.39 is 28.3 Å². The molecule has 0 heterocycles. The maximum absolute atomic E-state index is 11.5. The molecule has 1 rings (SSSR count). The number of ether oxygens (including phenoxy) is 1. The molecule has 0 aliphatic heterocycles. The lowest BCUT2D eigenvalue weighted by Gasteiger charge is -2.11. The highest BCUT2D eigenvalue weighted by molar-refractivity contribution is 7.90. The molecule has 2 atom stereocenters. The Morgan fingerprint density at radius 1 is 1.35 bits per heavy atom. The number of esters is 1. The van der Waals surface area contributed by atoms with Crippen LogP contribution in [0.3, 0.4) is 0 Å². The average molecular weight is 274 g/mol. The van der Waals surface area contributed by atoms with Crippen LogP contribution < -0.4 is 0 Å². The van der Waals surface area contributed by atoms with Crippen molar-refractivity contribution in [1.82, 2.24) is 0 Å². The van der Waals surface area contributed by atoms with Gasteiger partial charge >= 0.3 is 5.97 Å². The predicted molar refractivity (Wildman–Crippen MR) is 67.9 cm³/mol. The van der Waals surface area contributed by atoms with E-state index in [2.05, 4.69) is 4.74 Å². The quantitative estimate of drug-likeness (QED) is 0.608. The summed E-state index contributed by atoms with van der Waals surface area (Å²) >= 11 is -2.20. The Kier molecular flexibility index (Phi) is 5.32. The van der Waals surface area contributed by atoms with Crippen molar-refractivity contribution >= 4 is 28.3 Å². The first-order valence-electron chi connectivity index (χ1n) is 4.80. The second-order valence-electron chi connectivity index (χ2n) is 3.48. The molecule has 0 fully saturated rings. The van der Waals surface area contributed by atoms with Crippen LogP contribution in [0.25, 0.3) is 0 Å². The van der Waals surface area contributed by atoms with Crippen molar-refractivity contribution in [2.75, 3.05) is 19.6 Å². The van der Waals surface area contributed by atoms with E-state index in [0.717, 1.165) is 0 Å². The second-order valence-corrected chi connectivity index (χ2v) is 6.30. The van der Waals surface area contributed by atoms with Gasteiger partial charge in [-0.15, -0.1) is 0 Å². The Bertz CT molecular complexity index is 404. The van der Waals surface area contributed by atoms with E-state index in [1.54, 1.807) is 30.7 Å². The van der Waals surface area contributed by atoms with Crippen molar-refractivity contribution in [2.45, 2.75) is 10.6 Å². The number of hydrogen-bond donors (Lipinski definition) is 0. The van der Waals surface area contributed by atoms with Crippen LogP contribution in [0.5, 0.6) is 0 Å². The summed E-state index contributed by atoms with van der Waals surface area (Å²) in [6, 6.07) is 4.82. The van der Waals surface area contributed by atoms with Crippen molar-refractivity contribution in [1.29, 1.82) is 0 Å². The summed E-state index contributed by atoms with van der Waals surface area (Å²) in [6.07, 6.45) is 3.11. The van der Waals surface area contributed by atoms with Gasteiger partial charge in [-0.25, -0.2) is 4.79 Å². The van der Waals surface area contributed by atoms with Crippen LogP contribution in [0, 0.1) is 0 Å². The third-order valence-electron chi connectivity index (χ3n) is 2.17. The monoisotopic (exact) mass is 274 g/mol. The average Bonchev–Trinajstić information content (AvgIpc) is 2.27.